The Labute approximate surface area is 319 Å². The van der Waals surface area contributed by atoms with Gasteiger partial charge in [0.2, 0.25) is 0 Å². The van der Waals surface area contributed by atoms with Crippen LogP contribution >= 0.6 is 0 Å². The zero-order valence-electron chi connectivity index (χ0n) is 30.0. The van der Waals surface area contributed by atoms with Crippen molar-refractivity contribution < 1.29 is 10.2 Å². The van der Waals surface area contributed by atoms with Crippen LogP contribution in [-0.4, -0.2) is 10.2 Å². The number of benzene rings is 7. The van der Waals surface area contributed by atoms with E-state index in [1.54, 1.807) is 12.1 Å². The molecular weight excluding hydrogens is 657 g/mol. The van der Waals surface area contributed by atoms with Crippen LogP contribution in [0.3, 0.4) is 0 Å². The second kappa shape index (κ2) is 19.4. The zero-order chi connectivity index (χ0) is 37.2. The molecule has 0 amide bonds. The summed E-state index contributed by atoms with van der Waals surface area (Å²) < 4.78 is 0. The topological polar surface area (TPSA) is 40.5 Å². The van der Waals surface area contributed by atoms with Gasteiger partial charge in [0.15, 0.2) is 0 Å². The molecule has 54 heavy (non-hydrogen) atoms. The van der Waals surface area contributed by atoms with Gasteiger partial charge in [-0.1, -0.05) is 231 Å². The molecule has 7 aromatic carbocycles. The predicted octanol–water partition coefficient (Wildman–Crippen LogP) is 13.6. The van der Waals surface area contributed by atoms with Crippen LogP contribution in [0, 0.1) is 0 Å². The molecule has 2 N–H and O–H groups in total. The Bertz CT molecular complexity index is 2350. The lowest BCUT2D eigenvalue weighted by Crippen LogP contribution is -1.88. The van der Waals surface area contributed by atoms with Crippen LogP contribution in [0.15, 0.2) is 182 Å². The third-order valence-electron chi connectivity index (χ3n) is 8.65. The van der Waals surface area contributed by atoms with Crippen LogP contribution < -0.4 is 0 Å². The molecule has 0 saturated heterocycles. The van der Waals surface area contributed by atoms with E-state index in [1.165, 1.54) is 0 Å². The van der Waals surface area contributed by atoms with Gasteiger partial charge in [-0.05, 0) is 56.6 Å². The van der Waals surface area contributed by atoms with E-state index < -0.39 is 0 Å². The summed E-state index contributed by atoms with van der Waals surface area (Å²) in [6, 6.07) is 60.0. The molecule has 7 rings (SSSR count). The van der Waals surface area contributed by atoms with Crippen molar-refractivity contribution in [1.29, 1.82) is 0 Å². The summed E-state index contributed by atoms with van der Waals surface area (Å²) in [5.41, 5.74) is 10.2. The van der Waals surface area contributed by atoms with Crippen LogP contribution in [-0.2, 0) is 0 Å². The number of phenols is 2. The SMILES string of the molecule is Oc1ccc(/C=C/c2ccccc2)c(/C=C/c2ccccc2)c1/C=C/c1ccccc1.Oc1cccc(/C=C/c2ccccc2)c1/C=C/c1ccccc1. The Morgan fingerprint density at radius 3 is 0.944 bits per heavy atom. The average Bonchev–Trinajstić information content (AvgIpc) is 3.23. The molecule has 0 saturated carbocycles. The third kappa shape index (κ3) is 10.9. The normalized spacial score (nSPS) is 11.5. The lowest BCUT2D eigenvalue weighted by atomic mass is 9.96. The smallest absolute Gasteiger partial charge is 0.123 e. The molecule has 0 atom stereocenters. The fraction of sp³-hybridized carbons (Fsp3) is 0. The van der Waals surface area contributed by atoms with Crippen LogP contribution in [0.1, 0.15) is 55.6 Å². The molecule has 262 valence electrons. The fourth-order valence-electron chi connectivity index (χ4n) is 5.78. The van der Waals surface area contributed by atoms with Crippen LogP contribution in [0.25, 0.3) is 60.8 Å². The van der Waals surface area contributed by atoms with Gasteiger partial charge in [-0.25, -0.2) is 0 Å². The van der Waals surface area contributed by atoms with Gasteiger partial charge in [-0.2, -0.15) is 0 Å². The summed E-state index contributed by atoms with van der Waals surface area (Å²) in [6.07, 6.45) is 20.4. The van der Waals surface area contributed by atoms with E-state index in [2.05, 4.69) is 66.8 Å². The molecule has 0 heterocycles. The van der Waals surface area contributed by atoms with E-state index in [9.17, 15) is 10.2 Å². The Morgan fingerprint density at radius 2 is 0.537 bits per heavy atom. The maximum Gasteiger partial charge on any atom is 0.123 e. The van der Waals surface area contributed by atoms with E-state index in [0.717, 1.165) is 55.6 Å². The highest BCUT2D eigenvalue weighted by Crippen LogP contribution is 2.30. The van der Waals surface area contributed by atoms with Crippen molar-refractivity contribution in [3.8, 4) is 11.5 Å². The maximum atomic E-state index is 10.7. The zero-order valence-corrected chi connectivity index (χ0v) is 30.0. The van der Waals surface area contributed by atoms with Crippen molar-refractivity contribution in [3.05, 3.63) is 238 Å². The fourth-order valence-corrected chi connectivity index (χ4v) is 5.78. The number of rotatable bonds is 10. The molecule has 2 heteroatoms. The Kier molecular flexibility index (Phi) is 13.2. The van der Waals surface area contributed by atoms with Crippen molar-refractivity contribution in [2.24, 2.45) is 0 Å². The van der Waals surface area contributed by atoms with Crippen molar-refractivity contribution in [3.63, 3.8) is 0 Å². The first-order chi connectivity index (χ1) is 26.6. The second-order valence-corrected chi connectivity index (χ2v) is 12.5. The van der Waals surface area contributed by atoms with E-state index >= 15 is 0 Å². The summed E-state index contributed by atoms with van der Waals surface area (Å²) in [5, 5.41) is 20.8. The molecule has 0 fully saturated rings. The standard InChI is InChI=1S/C30H24O.C22H18O/c31-30-23-20-27(19-16-24-10-4-1-5-11-24)28(21-17-25-12-6-2-7-13-25)29(30)22-18-26-14-8-3-9-15-26;23-22-13-7-12-20(16-14-18-8-3-1-4-9-18)21(22)17-15-19-10-5-2-6-11-19/h1-23,31H;1-17,23H/b19-16+,21-17+,22-18+;16-14+,17-15+. The highest BCUT2D eigenvalue weighted by atomic mass is 16.3. The molecule has 0 bridgehead atoms. The monoisotopic (exact) mass is 698 g/mol. The van der Waals surface area contributed by atoms with Crippen molar-refractivity contribution in [2.75, 3.05) is 0 Å². The summed E-state index contributed by atoms with van der Waals surface area (Å²) in [4.78, 5) is 0. The number of hydrogen-bond acceptors (Lipinski definition) is 2. The molecule has 0 unspecified atom stereocenters. The Morgan fingerprint density at radius 1 is 0.222 bits per heavy atom. The molecule has 0 aliphatic carbocycles. The van der Waals surface area contributed by atoms with Gasteiger partial charge in [0.1, 0.15) is 11.5 Å². The minimum absolute atomic E-state index is 0.261. The molecule has 0 aliphatic heterocycles. The highest BCUT2D eigenvalue weighted by Gasteiger charge is 2.08. The average molecular weight is 699 g/mol. The number of hydrogen-bond donors (Lipinski definition) is 2. The van der Waals surface area contributed by atoms with Crippen molar-refractivity contribution >= 4 is 60.8 Å². The van der Waals surface area contributed by atoms with E-state index in [4.69, 9.17) is 0 Å². The van der Waals surface area contributed by atoms with Gasteiger partial charge in [-0.15, -0.1) is 0 Å². The first kappa shape index (κ1) is 36.6. The molecule has 2 nitrogen and oxygen atoms in total. The first-order valence-corrected chi connectivity index (χ1v) is 18.0. The first-order valence-electron chi connectivity index (χ1n) is 18.0. The van der Waals surface area contributed by atoms with Gasteiger partial charge in [0, 0.05) is 11.1 Å². The minimum atomic E-state index is 0.261. The summed E-state index contributed by atoms with van der Waals surface area (Å²) in [5.74, 6) is 0.546. The summed E-state index contributed by atoms with van der Waals surface area (Å²) in [6.45, 7) is 0. The Balaban J connectivity index is 0.000000193. The lowest BCUT2D eigenvalue weighted by molar-refractivity contribution is 0.473. The van der Waals surface area contributed by atoms with Gasteiger partial charge in [-0.3, -0.25) is 0 Å². The van der Waals surface area contributed by atoms with Gasteiger partial charge >= 0.3 is 0 Å². The second-order valence-electron chi connectivity index (χ2n) is 12.5. The molecule has 0 aromatic heterocycles. The van der Waals surface area contributed by atoms with Crippen molar-refractivity contribution in [2.45, 2.75) is 0 Å². The Hall–Kier alpha value is -7.16. The largest absolute Gasteiger partial charge is 0.507 e. The van der Waals surface area contributed by atoms with Crippen LogP contribution in [0.2, 0.25) is 0 Å². The quantitative estimate of drug-likeness (QED) is 0.140. The highest BCUT2D eigenvalue weighted by molar-refractivity contribution is 5.88. The maximum absolute atomic E-state index is 10.7. The van der Waals surface area contributed by atoms with Gasteiger partial charge in [0.25, 0.3) is 0 Å². The van der Waals surface area contributed by atoms with Crippen LogP contribution in [0.4, 0.5) is 0 Å². The lowest BCUT2D eigenvalue weighted by Gasteiger charge is -2.09. The number of aromatic hydroxyl groups is 2. The van der Waals surface area contributed by atoms with Gasteiger partial charge in [0.05, 0.1) is 0 Å². The summed E-state index contributed by atoms with van der Waals surface area (Å²) in [7, 11) is 0. The summed E-state index contributed by atoms with van der Waals surface area (Å²) >= 11 is 0. The molecular formula is C52H42O2. The number of phenolic OH excluding ortho intramolecular Hbond substituents is 2. The minimum Gasteiger partial charge on any atom is -0.507 e. The third-order valence-corrected chi connectivity index (χ3v) is 8.65. The molecule has 0 spiro atoms. The van der Waals surface area contributed by atoms with Crippen molar-refractivity contribution in [1.82, 2.24) is 0 Å². The van der Waals surface area contributed by atoms with E-state index in [-0.39, 0.29) is 11.5 Å². The molecule has 0 aliphatic rings. The van der Waals surface area contributed by atoms with Gasteiger partial charge < -0.3 is 10.2 Å². The predicted molar refractivity (Wildman–Crippen MR) is 233 cm³/mol. The van der Waals surface area contributed by atoms with E-state index in [0.29, 0.717) is 0 Å². The molecule has 0 radical (unpaired) electrons. The van der Waals surface area contributed by atoms with Crippen LogP contribution in [0.5, 0.6) is 11.5 Å². The van der Waals surface area contributed by atoms with E-state index in [1.807, 2.05) is 164 Å². The molecule has 7 aromatic rings.